The molecule has 2 N–H and O–H groups in total. The Bertz CT molecular complexity index is 1560. The molecule has 1 fully saturated rings. The van der Waals surface area contributed by atoms with E-state index in [0.29, 0.717) is 63.7 Å². The van der Waals surface area contributed by atoms with Crippen LogP contribution in [0.3, 0.4) is 0 Å². The summed E-state index contributed by atoms with van der Waals surface area (Å²) in [6.45, 7) is 5.20. The van der Waals surface area contributed by atoms with Gasteiger partial charge in [-0.1, -0.05) is 75.5 Å². The summed E-state index contributed by atoms with van der Waals surface area (Å²) in [6, 6.07) is 7.74. The SMILES string of the molecule is CCCn1c(NCc2ccc3c(c2)OCO3)c(/C=C2/SC(=S)N(CCCCCCCCCCC(=O)O)C2=O)c(C)c(C#N)c1=O. The monoisotopic (exact) mass is 652 g/mol. The molecule has 2 aliphatic rings. The molecule has 0 atom stereocenters. The minimum atomic E-state index is -0.738. The largest absolute Gasteiger partial charge is 0.481 e. The van der Waals surface area contributed by atoms with Gasteiger partial charge < -0.3 is 19.9 Å². The molecular formula is C33H40N4O6S2. The number of rotatable bonds is 17. The summed E-state index contributed by atoms with van der Waals surface area (Å²) < 4.78 is 13.0. The van der Waals surface area contributed by atoms with Gasteiger partial charge in [0.2, 0.25) is 6.79 Å². The second-order valence-electron chi connectivity index (χ2n) is 11.2. The van der Waals surface area contributed by atoms with E-state index in [-0.39, 0.29) is 30.2 Å². The van der Waals surface area contributed by atoms with Crippen molar-refractivity contribution >= 4 is 52.1 Å². The van der Waals surface area contributed by atoms with Crippen LogP contribution >= 0.6 is 24.0 Å². The van der Waals surface area contributed by atoms with Crippen molar-refractivity contribution in [1.82, 2.24) is 9.47 Å². The summed E-state index contributed by atoms with van der Waals surface area (Å²) in [5.41, 5.74) is 1.74. The number of thioether (sulfide) groups is 1. The predicted octanol–water partition coefficient (Wildman–Crippen LogP) is 6.58. The van der Waals surface area contributed by atoms with Crippen molar-refractivity contribution < 1.29 is 24.2 Å². The third kappa shape index (κ3) is 8.67. The van der Waals surface area contributed by atoms with Crippen molar-refractivity contribution in [2.45, 2.75) is 91.1 Å². The number of ether oxygens (including phenoxy) is 2. The summed E-state index contributed by atoms with van der Waals surface area (Å²) in [7, 11) is 0. The Morgan fingerprint density at radius 3 is 2.47 bits per heavy atom. The van der Waals surface area contributed by atoms with E-state index in [1.165, 1.54) is 11.8 Å². The molecule has 0 radical (unpaired) electrons. The lowest BCUT2D eigenvalue weighted by atomic mass is 10.0. The van der Waals surface area contributed by atoms with Gasteiger partial charge in [0, 0.05) is 31.6 Å². The van der Waals surface area contributed by atoms with Crippen LogP contribution in [-0.4, -0.2) is 44.1 Å². The van der Waals surface area contributed by atoms with Crippen LogP contribution in [0.15, 0.2) is 27.9 Å². The van der Waals surface area contributed by atoms with Gasteiger partial charge >= 0.3 is 5.97 Å². The molecule has 2 aromatic rings. The van der Waals surface area contributed by atoms with Gasteiger partial charge in [0.15, 0.2) is 11.5 Å². The number of aromatic nitrogens is 1. The number of carboxylic acids is 1. The lowest BCUT2D eigenvalue weighted by Crippen LogP contribution is -2.29. The maximum atomic E-state index is 13.5. The van der Waals surface area contributed by atoms with E-state index >= 15 is 0 Å². The first-order chi connectivity index (χ1) is 21.7. The van der Waals surface area contributed by atoms with Crippen LogP contribution in [-0.2, 0) is 22.7 Å². The second kappa shape index (κ2) is 16.5. The standard InChI is InChI=1S/C33H40N4O6S2/c1-3-15-36-30(35-20-23-13-14-26-27(17-23)43-21-42-26)24(22(2)25(19-34)31(36)40)18-28-32(41)37(33(44)45-28)16-11-9-7-5-4-6-8-10-12-29(38)39/h13-14,17-18,35H,3-12,15-16,20-21H2,1-2H3,(H,38,39)/b28-18+. The number of nitriles is 1. The third-order valence-electron chi connectivity index (χ3n) is 7.89. The van der Waals surface area contributed by atoms with Crippen molar-refractivity contribution in [3.63, 3.8) is 0 Å². The number of carbonyl (C=O) groups excluding carboxylic acids is 1. The summed E-state index contributed by atoms with van der Waals surface area (Å²) in [4.78, 5) is 39.6. The number of pyridine rings is 1. The fraction of sp³-hybridized carbons (Fsp3) is 0.485. The van der Waals surface area contributed by atoms with Crippen LogP contribution in [0.5, 0.6) is 11.5 Å². The van der Waals surface area contributed by atoms with Gasteiger partial charge in [-0.25, -0.2) is 0 Å². The summed E-state index contributed by atoms with van der Waals surface area (Å²) in [5.74, 6) is 0.982. The number of fused-ring (bicyclic) bond motifs is 1. The van der Waals surface area contributed by atoms with Crippen molar-refractivity contribution in [2.24, 2.45) is 0 Å². The number of aliphatic carboxylic acids is 1. The smallest absolute Gasteiger partial charge is 0.303 e. The summed E-state index contributed by atoms with van der Waals surface area (Å²) >= 11 is 6.83. The first-order valence-electron chi connectivity index (χ1n) is 15.5. The highest BCUT2D eigenvalue weighted by Gasteiger charge is 2.32. The van der Waals surface area contributed by atoms with E-state index in [0.717, 1.165) is 56.9 Å². The molecule has 4 rings (SSSR count). The molecule has 1 aromatic carbocycles. The van der Waals surface area contributed by atoms with Gasteiger partial charge in [0.1, 0.15) is 21.8 Å². The molecule has 1 amide bonds. The van der Waals surface area contributed by atoms with Crippen molar-refractivity contribution in [2.75, 3.05) is 18.7 Å². The Labute approximate surface area is 273 Å². The number of hydrogen-bond donors (Lipinski definition) is 2. The number of benzene rings is 1. The number of thiocarbonyl (C=S) groups is 1. The lowest BCUT2D eigenvalue weighted by molar-refractivity contribution is -0.137. The van der Waals surface area contributed by atoms with E-state index in [9.17, 15) is 19.6 Å². The maximum Gasteiger partial charge on any atom is 0.303 e. The van der Waals surface area contributed by atoms with Crippen LogP contribution in [0.25, 0.3) is 6.08 Å². The first-order valence-corrected chi connectivity index (χ1v) is 16.7. The van der Waals surface area contributed by atoms with Gasteiger partial charge in [-0.05, 0) is 55.5 Å². The molecule has 2 aliphatic heterocycles. The van der Waals surface area contributed by atoms with E-state index in [1.54, 1.807) is 22.5 Å². The molecule has 0 unspecified atom stereocenters. The van der Waals surface area contributed by atoms with Crippen molar-refractivity contribution in [3.8, 4) is 17.6 Å². The Balaban J connectivity index is 1.46. The topological polar surface area (TPSA) is 134 Å². The van der Waals surface area contributed by atoms with Crippen molar-refractivity contribution in [3.05, 3.63) is 55.7 Å². The van der Waals surface area contributed by atoms with E-state index in [1.807, 2.05) is 25.1 Å². The molecule has 240 valence electrons. The number of anilines is 1. The molecule has 10 nitrogen and oxygen atoms in total. The molecule has 0 bridgehead atoms. The van der Waals surface area contributed by atoms with Gasteiger partial charge in [-0.3, -0.25) is 23.9 Å². The lowest BCUT2D eigenvalue weighted by Gasteiger charge is -2.20. The summed E-state index contributed by atoms with van der Waals surface area (Å²) in [6.07, 6.45) is 10.4. The third-order valence-corrected chi connectivity index (χ3v) is 9.27. The Morgan fingerprint density at radius 2 is 1.78 bits per heavy atom. The number of amides is 1. The maximum absolute atomic E-state index is 13.5. The summed E-state index contributed by atoms with van der Waals surface area (Å²) in [5, 5.41) is 22.0. The van der Waals surface area contributed by atoms with Gasteiger partial charge in [0.25, 0.3) is 11.5 Å². The van der Waals surface area contributed by atoms with Crippen LogP contribution in [0, 0.1) is 18.3 Å². The molecular weight excluding hydrogens is 613 g/mol. The van der Waals surface area contributed by atoms with Crippen LogP contribution in [0.1, 0.15) is 93.4 Å². The molecule has 1 aromatic heterocycles. The average molecular weight is 653 g/mol. The van der Waals surface area contributed by atoms with Crippen LogP contribution < -0.4 is 20.3 Å². The highest BCUT2D eigenvalue weighted by atomic mass is 32.2. The Kier molecular flexibility index (Phi) is 12.5. The van der Waals surface area contributed by atoms with Crippen LogP contribution in [0.4, 0.5) is 5.82 Å². The quantitative estimate of drug-likeness (QED) is 0.110. The molecule has 3 heterocycles. The highest BCUT2D eigenvalue weighted by Crippen LogP contribution is 2.36. The predicted molar refractivity (Wildman–Crippen MR) is 179 cm³/mol. The number of unbranched alkanes of at least 4 members (excludes halogenated alkanes) is 7. The Hall–Kier alpha value is -3.82. The van der Waals surface area contributed by atoms with Crippen molar-refractivity contribution in [1.29, 1.82) is 5.26 Å². The van der Waals surface area contributed by atoms with E-state index in [4.69, 9.17) is 26.8 Å². The van der Waals surface area contributed by atoms with Gasteiger partial charge in [0.05, 0.1) is 4.91 Å². The van der Waals surface area contributed by atoms with E-state index < -0.39 is 5.97 Å². The minimum Gasteiger partial charge on any atom is -0.481 e. The number of carboxylic acid groups (broad SMARTS) is 1. The normalized spacial score (nSPS) is 14.8. The molecule has 12 heteroatoms. The molecule has 0 saturated carbocycles. The molecule has 0 aliphatic carbocycles. The molecule has 45 heavy (non-hydrogen) atoms. The fourth-order valence-corrected chi connectivity index (χ4v) is 6.75. The van der Waals surface area contributed by atoms with Gasteiger partial charge in [-0.15, -0.1) is 0 Å². The minimum absolute atomic E-state index is 0.0562. The fourth-order valence-electron chi connectivity index (χ4n) is 5.46. The zero-order chi connectivity index (χ0) is 32.3. The zero-order valence-corrected chi connectivity index (χ0v) is 27.5. The second-order valence-corrected chi connectivity index (χ2v) is 12.9. The first kappa shape index (κ1) is 34.1. The molecule has 1 saturated heterocycles. The molecule has 0 spiro atoms. The number of hydrogen-bond acceptors (Lipinski definition) is 9. The van der Waals surface area contributed by atoms with Gasteiger partial charge in [-0.2, -0.15) is 5.26 Å². The Morgan fingerprint density at radius 1 is 1.09 bits per heavy atom. The highest BCUT2D eigenvalue weighted by molar-refractivity contribution is 8.26. The van der Waals surface area contributed by atoms with Crippen LogP contribution in [0.2, 0.25) is 0 Å². The number of nitrogens with zero attached hydrogens (tertiary/aromatic N) is 3. The number of carbonyl (C=O) groups is 2. The number of nitrogens with one attached hydrogen (secondary N) is 1. The average Bonchev–Trinajstić information content (AvgIpc) is 3.59. The zero-order valence-electron chi connectivity index (χ0n) is 25.9. The van der Waals surface area contributed by atoms with E-state index in [2.05, 4.69) is 11.4 Å².